The standard InChI is InChI=1S/C21H27NO3/c1-5-20(25-19-11-15(3)10-16(4)12-19)21(23)22-14-17-8-7-9-18(13-17)24-6-2/h7-13,20H,5-6,14H2,1-4H3,(H,22,23). The molecule has 0 aliphatic rings. The maximum Gasteiger partial charge on any atom is 0.261 e. The highest BCUT2D eigenvalue weighted by atomic mass is 16.5. The van der Waals surface area contributed by atoms with Gasteiger partial charge >= 0.3 is 0 Å². The smallest absolute Gasteiger partial charge is 0.261 e. The summed E-state index contributed by atoms with van der Waals surface area (Å²) in [5.74, 6) is 1.44. The molecule has 0 heterocycles. The van der Waals surface area contributed by atoms with Crippen LogP contribution in [0.15, 0.2) is 42.5 Å². The van der Waals surface area contributed by atoms with Crippen LogP contribution in [0.25, 0.3) is 0 Å². The number of carbonyl (C=O) groups is 1. The lowest BCUT2D eigenvalue weighted by molar-refractivity contribution is -0.128. The van der Waals surface area contributed by atoms with Crippen LogP contribution in [-0.4, -0.2) is 18.6 Å². The fourth-order valence-corrected chi connectivity index (χ4v) is 2.70. The van der Waals surface area contributed by atoms with Crippen LogP contribution in [0.3, 0.4) is 0 Å². The number of nitrogens with one attached hydrogen (secondary N) is 1. The van der Waals surface area contributed by atoms with Gasteiger partial charge in [0.05, 0.1) is 6.61 Å². The second-order valence-corrected chi connectivity index (χ2v) is 6.14. The molecule has 0 aliphatic carbocycles. The Hall–Kier alpha value is -2.49. The molecule has 0 saturated carbocycles. The van der Waals surface area contributed by atoms with Crippen molar-refractivity contribution in [3.63, 3.8) is 0 Å². The first-order chi connectivity index (χ1) is 12.0. The molecule has 1 unspecified atom stereocenters. The van der Waals surface area contributed by atoms with Gasteiger partial charge in [-0.3, -0.25) is 4.79 Å². The summed E-state index contributed by atoms with van der Waals surface area (Å²) >= 11 is 0. The third-order valence-electron chi connectivity index (χ3n) is 3.81. The van der Waals surface area contributed by atoms with E-state index in [1.807, 2.05) is 64.1 Å². The van der Waals surface area contributed by atoms with Gasteiger partial charge in [-0.25, -0.2) is 0 Å². The third kappa shape index (κ3) is 5.82. The molecule has 1 atom stereocenters. The Kier molecular flexibility index (Phi) is 6.87. The Labute approximate surface area is 150 Å². The first-order valence-electron chi connectivity index (χ1n) is 8.76. The van der Waals surface area contributed by atoms with E-state index in [2.05, 4.69) is 11.4 Å². The van der Waals surface area contributed by atoms with E-state index in [0.717, 1.165) is 28.2 Å². The molecule has 0 radical (unpaired) electrons. The number of benzene rings is 2. The van der Waals surface area contributed by atoms with Crippen molar-refractivity contribution in [2.75, 3.05) is 6.61 Å². The van der Waals surface area contributed by atoms with Crippen LogP contribution >= 0.6 is 0 Å². The number of amides is 1. The molecule has 0 spiro atoms. The molecular weight excluding hydrogens is 314 g/mol. The first kappa shape index (κ1) is 18.8. The highest BCUT2D eigenvalue weighted by Gasteiger charge is 2.18. The quantitative estimate of drug-likeness (QED) is 0.784. The van der Waals surface area contributed by atoms with Gasteiger partial charge < -0.3 is 14.8 Å². The molecule has 1 amide bonds. The Morgan fingerprint density at radius 2 is 1.76 bits per heavy atom. The number of ether oxygens (including phenoxy) is 2. The lowest BCUT2D eigenvalue weighted by Gasteiger charge is -2.18. The number of aryl methyl sites for hydroxylation is 2. The summed E-state index contributed by atoms with van der Waals surface area (Å²) < 4.78 is 11.4. The van der Waals surface area contributed by atoms with E-state index in [1.54, 1.807) is 0 Å². The predicted octanol–water partition coefficient (Wildman–Crippen LogP) is 4.18. The predicted molar refractivity (Wildman–Crippen MR) is 100 cm³/mol. The summed E-state index contributed by atoms with van der Waals surface area (Å²) in [5, 5.41) is 2.95. The zero-order chi connectivity index (χ0) is 18.2. The molecule has 4 nitrogen and oxygen atoms in total. The van der Waals surface area contributed by atoms with Gasteiger partial charge in [-0.1, -0.05) is 25.1 Å². The highest BCUT2D eigenvalue weighted by molar-refractivity contribution is 5.81. The minimum atomic E-state index is -0.503. The molecule has 0 aliphatic heterocycles. The van der Waals surface area contributed by atoms with Crippen LogP contribution in [0.5, 0.6) is 11.5 Å². The number of rotatable bonds is 8. The molecule has 2 aromatic rings. The van der Waals surface area contributed by atoms with Crippen LogP contribution < -0.4 is 14.8 Å². The van der Waals surface area contributed by atoms with E-state index >= 15 is 0 Å². The van der Waals surface area contributed by atoms with Gasteiger partial charge in [-0.15, -0.1) is 0 Å². The molecule has 0 bridgehead atoms. The monoisotopic (exact) mass is 341 g/mol. The van der Waals surface area contributed by atoms with Gasteiger partial charge in [-0.05, 0) is 68.1 Å². The van der Waals surface area contributed by atoms with E-state index in [4.69, 9.17) is 9.47 Å². The van der Waals surface area contributed by atoms with E-state index in [1.165, 1.54) is 0 Å². The van der Waals surface area contributed by atoms with Crippen molar-refractivity contribution in [1.29, 1.82) is 0 Å². The summed E-state index contributed by atoms with van der Waals surface area (Å²) in [6.45, 7) is 9.01. The first-order valence-corrected chi connectivity index (χ1v) is 8.76. The molecule has 4 heteroatoms. The van der Waals surface area contributed by atoms with Crippen molar-refractivity contribution in [2.24, 2.45) is 0 Å². The van der Waals surface area contributed by atoms with Gasteiger partial charge in [0.25, 0.3) is 5.91 Å². The Balaban J connectivity index is 1.96. The minimum absolute atomic E-state index is 0.108. The van der Waals surface area contributed by atoms with Gasteiger partial charge in [0.15, 0.2) is 6.10 Å². The average molecular weight is 341 g/mol. The summed E-state index contributed by atoms with van der Waals surface area (Å²) in [7, 11) is 0. The van der Waals surface area contributed by atoms with Crippen molar-refractivity contribution in [3.8, 4) is 11.5 Å². The molecule has 0 fully saturated rings. The van der Waals surface area contributed by atoms with Crippen LogP contribution in [0.4, 0.5) is 0 Å². The van der Waals surface area contributed by atoms with E-state index in [0.29, 0.717) is 19.6 Å². The van der Waals surface area contributed by atoms with Crippen LogP contribution in [0.1, 0.15) is 37.0 Å². The van der Waals surface area contributed by atoms with Crippen molar-refractivity contribution < 1.29 is 14.3 Å². The topological polar surface area (TPSA) is 47.6 Å². The Bertz CT molecular complexity index is 692. The normalized spacial score (nSPS) is 11.7. The maximum atomic E-state index is 12.5. The molecule has 2 rings (SSSR count). The minimum Gasteiger partial charge on any atom is -0.494 e. The second kappa shape index (κ2) is 9.11. The molecule has 0 aromatic heterocycles. The zero-order valence-corrected chi connectivity index (χ0v) is 15.5. The fourth-order valence-electron chi connectivity index (χ4n) is 2.70. The molecule has 2 aromatic carbocycles. The second-order valence-electron chi connectivity index (χ2n) is 6.14. The van der Waals surface area contributed by atoms with Crippen LogP contribution in [0, 0.1) is 13.8 Å². The van der Waals surface area contributed by atoms with Crippen molar-refractivity contribution in [2.45, 2.75) is 46.8 Å². The summed E-state index contributed by atoms with van der Waals surface area (Å²) in [6, 6.07) is 13.7. The maximum absolute atomic E-state index is 12.5. The van der Waals surface area contributed by atoms with E-state index < -0.39 is 6.10 Å². The van der Waals surface area contributed by atoms with E-state index in [9.17, 15) is 4.79 Å². The molecule has 0 saturated heterocycles. The molecular formula is C21H27NO3. The lowest BCUT2D eigenvalue weighted by Crippen LogP contribution is -2.37. The SMILES string of the molecule is CCOc1cccc(CNC(=O)C(CC)Oc2cc(C)cc(C)c2)c1. The lowest BCUT2D eigenvalue weighted by atomic mass is 10.1. The fraction of sp³-hybridized carbons (Fsp3) is 0.381. The highest BCUT2D eigenvalue weighted by Crippen LogP contribution is 2.19. The van der Waals surface area contributed by atoms with Gasteiger partial charge in [-0.2, -0.15) is 0 Å². The van der Waals surface area contributed by atoms with Crippen molar-refractivity contribution >= 4 is 5.91 Å². The number of hydrogen-bond donors (Lipinski definition) is 1. The Morgan fingerprint density at radius 1 is 1.04 bits per heavy atom. The molecule has 1 N–H and O–H groups in total. The Morgan fingerprint density at radius 3 is 2.40 bits per heavy atom. The van der Waals surface area contributed by atoms with Gasteiger partial charge in [0, 0.05) is 6.54 Å². The summed E-state index contributed by atoms with van der Waals surface area (Å²) in [6.07, 6.45) is 0.105. The number of carbonyl (C=O) groups excluding carboxylic acids is 1. The van der Waals surface area contributed by atoms with Crippen LogP contribution in [-0.2, 0) is 11.3 Å². The summed E-state index contributed by atoms with van der Waals surface area (Å²) in [4.78, 5) is 12.5. The average Bonchev–Trinajstić information content (AvgIpc) is 2.57. The third-order valence-corrected chi connectivity index (χ3v) is 3.81. The van der Waals surface area contributed by atoms with Gasteiger partial charge in [0.1, 0.15) is 11.5 Å². The number of hydrogen-bond acceptors (Lipinski definition) is 3. The molecule has 134 valence electrons. The zero-order valence-electron chi connectivity index (χ0n) is 15.5. The van der Waals surface area contributed by atoms with Crippen molar-refractivity contribution in [1.82, 2.24) is 5.32 Å². The largest absolute Gasteiger partial charge is 0.494 e. The molecule has 25 heavy (non-hydrogen) atoms. The van der Waals surface area contributed by atoms with Crippen molar-refractivity contribution in [3.05, 3.63) is 59.2 Å². The summed E-state index contributed by atoms with van der Waals surface area (Å²) in [5.41, 5.74) is 3.25. The van der Waals surface area contributed by atoms with E-state index in [-0.39, 0.29) is 5.91 Å². The van der Waals surface area contributed by atoms with Crippen LogP contribution in [0.2, 0.25) is 0 Å². The van der Waals surface area contributed by atoms with Gasteiger partial charge in [0.2, 0.25) is 0 Å².